The highest BCUT2D eigenvalue weighted by molar-refractivity contribution is 5.44. The van der Waals surface area contributed by atoms with Gasteiger partial charge in [0.2, 0.25) is 0 Å². The Morgan fingerprint density at radius 1 is 1.11 bits per heavy atom. The number of nitrogens with two attached hydrogens (primary N) is 1. The Morgan fingerprint density at radius 3 is 2.58 bits per heavy atom. The predicted molar refractivity (Wildman–Crippen MR) is 77.9 cm³/mol. The highest BCUT2D eigenvalue weighted by Crippen LogP contribution is 2.17. The van der Waals surface area contributed by atoms with E-state index >= 15 is 0 Å². The van der Waals surface area contributed by atoms with Crippen LogP contribution in [0.3, 0.4) is 0 Å². The number of hydrogen-bond donors (Lipinski definition) is 1. The molecule has 19 heavy (non-hydrogen) atoms. The van der Waals surface area contributed by atoms with Crippen LogP contribution in [0.1, 0.15) is 16.7 Å². The number of rotatable bonds is 3. The Labute approximate surface area is 114 Å². The van der Waals surface area contributed by atoms with Crippen molar-refractivity contribution < 1.29 is 4.74 Å². The molecule has 0 heterocycles. The van der Waals surface area contributed by atoms with Crippen molar-refractivity contribution in [1.29, 1.82) is 0 Å². The zero-order valence-corrected chi connectivity index (χ0v) is 11.0. The van der Waals surface area contributed by atoms with Crippen LogP contribution in [-0.2, 0) is 6.61 Å². The second kappa shape index (κ2) is 6.63. The van der Waals surface area contributed by atoms with Crippen molar-refractivity contribution in [3.63, 3.8) is 0 Å². The first kappa shape index (κ1) is 13.2. The monoisotopic (exact) mass is 251 g/mol. The van der Waals surface area contributed by atoms with E-state index in [0.717, 1.165) is 22.4 Å². The average Bonchev–Trinajstić information content (AvgIpc) is 2.45. The minimum absolute atomic E-state index is 0.381. The normalized spacial score (nSPS) is 9.58. The van der Waals surface area contributed by atoms with Crippen molar-refractivity contribution in [2.75, 3.05) is 6.54 Å². The number of hydrogen-bond acceptors (Lipinski definition) is 2. The Balaban J connectivity index is 2.04. The molecule has 0 amide bonds. The van der Waals surface area contributed by atoms with Gasteiger partial charge < -0.3 is 10.5 Å². The fourth-order valence-corrected chi connectivity index (χ4v) is 1.75. The molecule has 0 saturated carbocycles. The smallest absolute Gasteiger partial charge is 0.120 e. The third-order valence-electron chi connectivity index (χ3n) is 2.77. The van der Waals surface area contributed by atoms with Gasteiger partial charge in [-0.1, -0.05) is 42.2 Å². The van der Waals surface area contributed by atoms with Gasteiger partial charge in [0.1, 0.15) is 12.4 Å². The largest absolute Gasteiger partial charge is 0.489 e. The molecule has 2 heteroatoms. The van der Waals surface area contributed by atoms with E-state index in [2.05, 4.69) is 11.8 Å². The van der Waals surface area contributed by atoms with Gasteiger partial charge in [-0.2, -0.15) is 0 Å². The molecule has 2 rings (SSSR count). The van der Waals surface area contributed by atoms with E-state index in [0.29, 0.717) is 13.2 Å². The third kappa shape index (κ3) is 3.87. The van der Waals surface area contributed by atoms with E-state index in [9.17, 15) is 0 Å². The first-order valence-corrected chi connectivity index (χ1v) is 6.26. The maximum atomic E-state index is 5.76. The third-order valence-corrected chi connectivity index (χ3v) is 2.77. The van der Waals surface area contributed by atoms with Crippen molar-refractivity contribution in [2.45, 2.75) is 13.5 Å². The Bertz CT molecular complexity index is 594. The molecule has 0 bridgehead atoms. The van der Waals surface area contributed by atoms with Crippen LogP contribution in [0.15, 0.2) is 48.5 Å². The fraction of sp³-hybridized carbons (Fsp3) is 0.176. The summed E-state index contributed by atoms with van der Waals surface area (Å²) in [5.41, 5.74) is 8.63. The zero-order valence-electron chi connectivity index (χ0n) is 11.0. The van der Waals surface area contributed by atoms with Crippen molar-refractivity contribution in [2.24, 2.45) is 5.73 Å². The Hall–Kier alpha value is -2.24. The molecule has 0 saturated heterocycles. The lowest BCUT2D eigenvalue weighted by Gasteiger charge is -2.08. The minimum atomic E-state index is 0.381. The number of ether oxygens (including phenoxy) is 1. The van der Waals surface area contributed by atoms with Crippen LogP contribution in [0.25, 0.3) is 0 Å². The molecular weight excluding hydrogens is 234 g/mol. The summed E-state index contributed by atoms with van der Waals surface area (Å²) in [6.45, 7) is 2.98. The van der Waals surface area contributed by atoms with Crippen LogP contribution in [0.5, 0.6) is 5.75 Å². The zero-order chi connectivity index (χ0) is 13.5. The highest BCUT2D eigenvalue weighted by atomic mass is 16.5. The van der Waals surface area contributed by atoms with E-state index < -0.39 is 0 Å². The van der Waals surface area contributed by atoms with Crippen LogP contribution >= 0.6 is 0 Å². The molecule has 2 nitrogen and oxygen atoms in total. The highest BCUT2D eigenvalue weighted by Gasteiger charge is 1.99. The standard InChI is InChI=1S/C17H17NO/c1-14-12-17(10-9-16(14)8-5-11-18)19-13-15-6-3-2-4-7-15/h2-4,6-7,9-10,12H,11,13,18H2,1H3. The van der Waals surface area contributed by atoms with Crippen LogP contribution in [0.4, 0.5) is 0 Å². The molecule has 2 aromatic carbocycles. The molecule has 2 aromatic rings. The van der Waals surface area contributed by atoms with E-state index in [1.54, 1.807) is 0 Å². The number of benzene rings is 2. The lowest BCUT2D eigenvalue weighted by Crippen LogP contribution is -1.96. The number of aryl methyl sites for hydroxylation is 1. The van der Waals surface area contributed by atoms with Crippen molar-refractivity contribution in [3.05, 3.63) is 65.2 Å². The summed E-state index contributed by atoms with van der Waals surface area (Å²) in [6, 6.07) is 16.0. The van der Waals surface area contributed by atoms with Gasteiger partial charge in [0.25, 0.3) is 0 Å². The first-order chi connectivity index (χ1) is 9.29. The molecule has 0 radical (unpaired) electrons. The predicted octanol–water partition coefficient (Wildman–Crippen LogP) is 2.88. The second-order valence-corrected chi connectivity index (χ2v) is 4.26. The van der Waals surface area contributed by atoms with Gasteiger partial charge in [-0.05, 0) is 36.2 Å². The molecule has 0 aliphatic heterocycles. The summed E-state index contributed by atoms with van der Waals surface area (Å²) in [5.74, 6) is 6.76. The van der Waals surface area contributed by atoms with Crippen LogP contribution in [0.2, 0.25) is 0 Å². The van der Waals surface area contributed by atoms with Crippen LogP contribution in [-0.4, -0.2) is 6.54 Å². The van der Waals surface area contributed by atoms with Gasteiger partial charge in [-0.3, -0.25) is 0 Å². The molecule has 0 spiro atoms. The summed E-state index contributed by atoms with van der Waals surface area (Å²) in [5, 5.41) is 0. The summed E-state index contributed by atoms with van der Waals surface area (Å²) in [6.07, 6.45) is 0. The fourth-order valence-electron chi connectivity index (χ4n) is 1.75. The quantitative estimate of drug-likeness (QED) is 0.851. The maximum absolute atomic E-state index is 5.76. The molecule has 0 atom stereocenters. The molecule has 0 aliphatic carbocycles. The summed E-state index contributed by atoms with van der Waals surface area (Å²) in [7, 11) is 0. The van der Waals surface area contributed by atoms with Crippen molar-refractivity contribution >= 4 is 0 Å². The SMILES string of the molecule is Cc1cc(OCc2ccccc2)ccc1C#CCN. The second-order valence-electron chi connectivity index (χ2n) is 4.26. The van der Waals surface area contributed by atoms with E-state index in [4.69, 9.17) is 10.5 Å². The molecule has 2 N–H and O–H groups in total. The van der Waals surface area contributed by atoms with E-state index in [-0.39, 0.29) is 0 Å². The minimum Gasteiger partial charge on any atom is -0.489 e. The van der Waals surface area contributed by atoms with Crippen molar-refractivity contribution in [1.82, 2.24) is 0 Å². The Morgan fingerprint density at radius 2 is 1.89 bits per heavy atom. The van der Waals surface area contributed by atoms with Gasteiger partial charge in [0.05, 0.1) is 6.54 Å². The van der Waals surface area contributed by atoms with Crippen LogP contribution in [0, 0.1) is 18.8 Å². The summed E-state index contributed by atoms with van der Waals surface area (Å²) in [4.78, 5) is 0. The van der Waals surface area contributed by atoms with Gasteiger partial charge in [0, 0.05) is 5.56 Å². The summed E-state index contributed by atoms with van der Waals surface area (Å²) >= 11 is 0. The topological polar surface area (TPSA) is 35.2 Å². The average molecular weight is 251 g/mol. The van der Waals surface area contributed by atoms with Crippen molar-refractivity contribution in [3.8, 4) is 17.6 Å². The molecule has 0 aromatic heterocycles. The van der Waals surface area contributed by atoms with E-state index in [1.807, 2.05) is 55.5 Å². The first-order valence-electron chi connectivity index (χ1n) is 6.26. The van der Waals surface area contributed by atoms with E-state index in [1.165, 1.54) is 0 Å². The lowest BCUT2D eigenvalue weighted by atomic mass is 10.1. The molecular formula is C17H17NO. The Kier molecular flexibility index (Phi) is 4.60. The van der Waals surface area contributed by atoms with Gasteiger partial charge >= 0.3 is 0 Å². The molecule has 96 valence electrons. The van der Waals surface area contributed by atoms with Gasteiger partial charge in [-0.25, -0.2) is 0 Å². The lowest BCUT2D eigenvalue weighted by molar-refractivity contribution is 0.306. The van der Waals surface area contributed by atoms with Gasteiger partial charge in [0.15, 0.2) is 0 Å². The van der Waals surface area contributed by atoms with Gasteiger partial charge in [-0.15, -0.1) is 0 Å². The molecule has 0 aliphatic rings. The maximum Gasteiger partial charge on any atom is 0.120 e. The summed E-state index contributed by atoms with van der Waals surface area (Å²) < 4.78 is 5.76. The van der Waals surface area contributed by atoms with Crippen LogP contribution < -0.4 is 10.5 Å². The molecule has 0 unspecified atom stereocenters. The molecule has 0 fully saturated rings.